The molecule has 2 heterocycles. The summed E-state index contributed by atoms with van der Waals surface area (Å²) in [5.74, 6) is -6.42. The summed E-state index contributed by atoms with van der Waals surface area (Å²) in [6.45, 7) is 6.55. The van der Waals surface area contributed by atoms with Gasteiger partial charge >= 0.3 is 7.82 Å². The lowest BCUT2D eigenvalue weighted by Crippen LogP contribution is -2.52. The van der Waals surface area contributed by atoms with E-state index >= 15 is 0 Å². The molecule has 0 radical (unpaired) electrons. The molecule has 398 valence electrons. The number of carbonyl (C=O) groups is 7. The number of Topliss-reactive ketones (excluding diaryl/α,β-unsaturated/α-hetero) is 3. The topological polar surface area (TPSA) is 328 Å². The molecule has 24 heteroatoms. The molecule has 1 aromatic heterocycles. The van der Waals surface area contributed by atoms with Crippen LogP contribution in [0.15, 0.2) is 42.9 Å². The Morgan fingerprint density at radius 1 is 0.930 bits per heavy atom. The first-order valence-corrected chi connectivity index (χ1v) is 26.1. The summed E-state index contributed by atoms with van der Waals surface area (Å²) in [5, 5.41) is 18.2. The molecular formula is C47H74N7O15PS. The molecule has 1 aliphatic rings. The van der Waals surface area contributed by atoms with Crippen LogP contribution in [0.5, 0.6) is 0 Å². The quantitative estimate of drug-likeness (QED) is 0.0261. The number of ketones is 3. The van der Waals surface area contributed by atoms with Crippen LogP contribution in [0, 0.1) is 17.8 Å². The number of benzene rings is 1. The molecule has 1 aromatic carbocycles. The number of H-pyrrole nitrogens is 1. The largest absolute Gasteiger partial charge is 0.469 e. The molecular weight excluding hydrogens is 966 g/mol. The molecule has 9 N–H and O–H groups in total. The number of hydrogen-bond acceptors (Lipinski definition) is 16. The smallest absolute Gasteiger partial charge is 0.394 e. The molecule has 8 atom stereocenters. The number of nitrogens with zero attached hydrogens (tertiary/aromatic N) is 2. The second-order valence-corrected chi connectivity index (χ2v) is 19.6. The second kappa shape index (κ2) is 31.9. The number of aliphatic hydroxyl groups excluding tert-OH is 1. The number of aliphatic hydroxyl groups is 1. The predicted octanol–water partition coefficient (Wildman–Crippen LogP) is 1.00. The third-order valence-corrected chi connectivity index (χ3v) is 12.8. The molecule has 1 fully saturated rings. The molecule has 1 aliphatic heterocycles. The number of thiol groups is 1. The highest BCUT2D eigenvalue weighted by Crippen LogP contribution is 2.39. The maximum Gasteiger partial charge on any atom is 0.469 e. The van der Waals surface area contributed by atoms with Crippen molar-refractivity contribution in [2.24, 2.45) is 23.5 Å². The number of phosphoric ester groups is 1. The summed E-state index contributed by atoms with van der Waals surface area (Å²) in [4.78, 5) is 121. The van der Waals surface area contributed by atoms with Gasteiger partial charge in [0, 0.05) is 63.0 Å². The van der Waals surface area contributed by atoms with Gasteiger partial charge in [0.1, 0.15) is 17.9 Å². The molecule has 4 amide bonds. The molecule has 3 rings (SSSR count). The lowest BCUT2D eigenvalue weighted by atomic mass is 9.89. The Morgan fingerprint density at radius 2 is 1.62 bits per heavy atom. The number of nitrogens with two attached hydrogens (primary N) is 1. The van der Waals surface area contributed by atoms with Crippen molar-refractivity contribution in [3.63, 3.8) is 0 Å². The summed E-state index contributed by atoms with van der Waals surface area (Å²) >= 11 is 4.00. The van der Waals surface area contributed by atoms with Crippen molar-refractivity contribution in [2.75, 3.05) is 58.5 Å². The lowest BCUT2D eigenvalue weighted by Gasteiger charge is -2.28. The summed E-state index contributed by atoms with van der Waals surface area (Å²) in [5.41, 5.74) is 7.31. The molecule has 22 nitrogen and oxygen atoms in total. The maximum atomic E-state index is 14.3. The first kappa shape index (κ1) is 60.9. The van der Waals surface area contributed by atoms with Gasteiger partial charge in [0.25, 0.3) is 0 Å². The third-order valence-electron chi connectivity index (χ3n) is 11.8. The highest BCUT2D eigenvalue weighted by molar-refractivity contribution is 7.80. The molecule has 0 aliphatic carbocycles. The highest BCUT2D eigenvalue weighted by atomic mass is 32.1. The van der Waals surface area contributed by atoms with Gasteiger partial charge in [-0.3, -0.25) is 38.1 Å². The van der Waals surface area contributed by atoms with E-state index in [1.165, 1.54) is 29.9 Å². The number of unbranched alkanes of at least 4 members (excludes halogenated alkanes) is 1. The van der Waals surface area contributed by atoms with E-state index in [0.717, 1.165) is 26.2 Å². The van der Waals surface area contributed by atoms with Crippen LogP contribution in [0.4, 0.5) is 0 Å². The minimum atomic E-state index is -5.03. The Bertz CT molecular complexity index is 2030. The normalized spacial score (nSPS) is 17.5. The first-order valence-electron chi connectivity index (χ1n) is 24.0. The van der Waals surface area contributed by atoms with Gasteiger partial charge in [0.2, 0.25) is 23.6 Å². The van der Waals surface area contributed by atoms with E-state index in [9.17, 15) is 53.0 Å². The first-order chi connectivity index (χ1) is 33.7. The van der Waals surface area contributed by atoms with Gasteiger partial charge in [-0.15, -0.1) is 0 Å². The number of ether oxygens (including phenoxy) is 3. The van der Waals surface area contributed by atoms with Crippen LogP contribution in [0.3, 0.4) is 0 Å². The van der Waals surface area contributed by atoms with Gasteiger partial charge < -0.3 is 60.7 Å². The number of nitrogens with one attached hydrogen (secondary N) is 4. The average molecular weight is 1040 g/mol. The fourth-order valence-electron chi connectivity index (χ4n) is 7.98. The number of hydrogen-bond donors (Lipinski definition) is 9. The van der Waals surface area contributed by atoms with Crippen LogP contribution < -0.4 is 21.7 Å². The van der Waals surface area contributed by atoms with Crippen molar-refractivity contribution in [1.82, 2.24) is 30.8 Å². The summed E-state index contributed by atoms with van der Waals surface area (Å²) in [6, 6.07) is 5.66. The monoisotopic (exact) mass is 1040 g/mol. The fourth-order valence-corrected chi connectivity index (χ4v) is 8.72. The Morgan fingerprint density at radius 3 is 2.24 bits per heavy atom. The molecule has 0 bridgehead atoms. The third kappa shape index (κ3) is 22.9. The fraction of sp³-hybridized carbons (Fsp3) is 0.660. The number of amides is 4. The van der Waals surface area contributed by atoms with Crippen LogP contribution in [0.25, 0.3) is 0 Å². The summed E-state index contributed by atoms with van der Waals surface area (Å²) in [7, 11) is -5.03. The number of aromatic nitrogens is 2. The van der Waals surface area contributed by atoms with Gasteiger partial charge in [0.05, 0.1) is 81.9 Å². The van der Waals surface area contributed by atoms with E-state index < -0.39 is 105 Å². The number of phosphoric acid groups is 1. The van der Waals surface area contributed by atoms with Gasteiger partial charge in [-0.25, -0.2) is 9.55 Å². The van der Waals surface area contributed by atoms with Crippen LogP contribution in [-0.2, 0) is 69.7 Å². The summed E-state index contributed by atoms with van der Waals surface area (Å²) in [6.07, 6.45) is 2.61. The Labute approximate surface area is 420 Å². The molecule has 0 spiro atoms. The van der Waals surface area contributed by atoms with Gasteiger partial charge in [-0.2, -0.15) is 12.6 Å². The van der Waals surface area contributed by atoms with Crippen molar-refractivity contribution in [1.29, 1.82) is 0 Å². The number of likely N-dealkylation sites (tertiary alicyclic amines) is 1. The van der Waals surface area contributed by atoms with Gasteiger partial charge in [0.15, 0.2) is 11.6 Å². The SMILES string of the molecule is CC(=O)[C@@H](CC(=O)[C@H](CO)NC(=O)[C@@H](CC(=O)[C@H](CC(C)C)NC(=O)[C@@H]1C[C@H](OCCCCc2ccccc2)CN1C(=O)CCOCCOCCNC(=O)[C@@H](N)CS)Cc1cnc[nH]1)C(C)OP(=O)(O)O. The zero-order chi connectivity index (χ0) is 52.5. The van der Waals surface area contributed by atoms with Crippen LogP contribution in [0.1, 0.15) is 83.9 Å². The number of carbonyl (C=O) groups excluding carboxylic acids is 7. The zero-order valence-electron chi connectivity index (χ0n) is 41.1. The predicted molar refractivity (Wildman–Crippen MR) is 263 cm³/mol. The van der Waals surface area contributed by atoms with E-state index in [1.54, 1.807) is 0 Å². The molecule has 1 saturated heterocycles. The summed E-state index contributed by atoms with van der Waals surface area (Å²) < 4.78 is 33.4. The number of aromatic amines is 1. The Kier molecular flexibility index (Phi) is 27.4. The highest BCUT2D eigenvalue weighted by Gasteiger charge is 2.42. The van der Waals surface area contributed by atoms with Crippen molar-refractivity contribution in [3.8, 4) is 0 Å². The van der Waals surface area contributed by atoms with E-state index in [1.807, 2.05) is 32.0 Å². The Balaban J connectivity index is 1.72. The van der Waals surface area contributed by atoms with Crippen LogP contribution >= 0.6 is 20.5 Å². The Hall–Kier alpha value is -4.42. The molecule has 0 saturated carbocycles. The van der Waals surface area contributed by atoms with E-state index in [2.05, 4.69) is 55.2 Å². The number of imidazole rings is 1. The lowest BCUT2D eigenvalue weighted by molar-refractivity contribution is -0.140. The maximum absolute atomic E-state index is 14.3. The van der Waals surface area contributed by atoms with E-state index in [0.29, 0.717) is 12.3 Å². The zero-order valence-corrected chi connectivity index (χ0v) is 42.9. The number of aryl methyl sites for hydroxylation is 1. The van der Waals surface area contributed by atoms with Crippen molar-refractivity contribution < 1.29 is 71.8 Å². The standard InChI is InChI=1S/C47H74N7O15PS/c1-30(2)20-39(42(57)22-34(21-35-25-49-29-51-35)45(60)53-40(27-55)43(58)24-37(31(3)56)32(4)69-70(63,64)65)52-47(62)41-23-36(68-15-9-8-12-33-10-6-5-7-11-33)26-54(41)44(59)13-16-66-18-19-67-17-14-50-46(61)38(48)28-71/h5-7,10-11,25,29-30,32,34,36-41,55,71H,8-9,12-24,26-28,48H2,1-4H3,(H,49,51)(H,50,61)(H,52,62)(H,53,60)(H2,63,64,65)/t32?,34-,36+,37-,38+,39+,40+,41+/m1/s1. The minimum absolute atomic E-state index is 0.0318. The van der Waals surface area contributed by atoms with Crippen molar-refractivity contribution in [2.45, 2.75) is 122 Å². The average Bonchev–Trinajstić information content (AvgIpc) is 4.01. The molecule has 1 unspecified atom stereocenters. The minimum Gasteiger partial charge on any atom is -0.394 e. The molecule has 71 heavy (non-hydrogen) atoms. The molecule has 2 aromatic rings. The number of rotatable bonds is 36. The van der Waals surface area contributed by atoms with E-state index in [4.69, 9.17) is 19.9 Å². The van der Waals surface area contributed by atoms with Gasteiger partial charge in [-0.05, 0) is 51.0 Å². The van der Waals surface area contributed by atoms with Crippen molar-refractivity contribution >= 4 is 61.4 Å². The van der Waals surface area contributed by atoms with E-state index in [-0.39, 0.29) is 88.7 Å². The van der Waals surface area contributed by atoms with Crippen LogP contribution in [0.2, 0.25) is 0 Å². The van der Waals surface area contributed by atoms with Crippen LogP contribution in [-0.4, -0.2) is 166 Å². The van der Waals surface area contributed by atoms with Crippen molar-refractivity contribution in [3.05, 3.63) is 54.1 Å². The van der Waals surface area contributed by atoms with Gasteiger partial charge in [-0.1, -0.05) is 44.2 Å². The second-order valence-electron chi connectivity index (χ2n) is 18.1.